The third-order valence-corrected chi connectivity index (χ3v) is 6.00. The normalized spacial score (nSPS) is 18.2. The molecule has 1 fully saturated rings. The summed E-state index contributed by atoms with van der Waals surface area (Å²) < 4.78 is 10.8. The molecule has 33 heavy (non-hydrogen) atoms. The number of carbonyl (C=O) groups excluding carboxylic acids is 3. The van der Waals surface area contributed by atoms with Gasteiger partial charge in [0.1, 0.15) is 17.4 Å². The number of amides is 1. The standard InChI is InChI=1S/C26H32N2O5/c1-6-33-19-10-8-18(9-11-19)23-22(24(29)21-13-12-20(32-5)16-17(21)2)25(30)26(31)28(23)15-7-14-27(3)4/h8-13,16,22-23H,6-7,14-15H2,1-5H3/p+1. The molecule has 1 aliphatic rings. The van der Waals surface area contributed by atoms with E-state index in [1.165, 1.54) is 4.90 Å². The maximum absolute atomic E-state index is 13.6. The van der Waals surface area contributed by atoms with E-state index in [0.29, 0.717) is 35.8 Å². The number of carbonyl (C=O) groups is 3. The highest BCUT2D eigenvalue weighted by Gasteiger charge is 2.51. The molecule has 3 rings (SSSR count). The van der Waals surface area contributed by atoms with Crippen LogP contribution < -0.4 is 14.4 Å². The van der Waals surface area contributed by atoms with Crippen LogP contribution in [0, 0.1) is 12.8 Å². The Kier molecular flexibility index (Phi) is 7.87. The zero-order chi connectivity index (χ0) is 24.1. The van der Waals surface area contributed by atoms with E-state index in [1.54, 1.807) is 37.1 Å². The molecule has 1 aliphatic heterocycles. The van der Waals surface area contributed by atoms with E-state index in [1.807, 2.05) is 45.3 Å². The Hall–Kier alpha value is -3.19. The number of nitrogens with zero attached hydrogens (tertiary/aromatic N) is 1. The molecule has 0 radical (unpaired) electrons. The minimum absolute atomic E-state index is 0.340. The van der Waals surface area contributed by atoms with Crippen molar-refractivity contribution in [3.8, 4) is 11.5 Å². The van der Waals surface area contributed by atoms with Crippen molar-refractivity contribution in [1.29, 1.82) is 0 Å². The van der Waals surface area contributed by atoms with Gasteiger partial charge in [0.15, 0.2) is 5.78 Å². The average Bonchev–Trinajstić information content (AvgIpc) is 3.04. The predicted octanol–water partition coefficient (Wildman–Crippen LogP) is 1.89. The first-order chi connectivity index (χ1) is 15.8. The maximum Gasteiger partial charge on any atom is 0.291 e. The lowest BCUT2D eigenvalue weighted by atomic mass is 9.85. The summed E-state index contributed by atoms with van der Waals surface area (Å²) in [6.45, 7) is 5.52. The van der Waals surface area contributed by atoms with E-state index in [4.69, 9.17) is 9.47 Å². The third-order valence-electron chi connectivity index (χ3n) is 6.00. The number of ether oxygens (including phenoxy) is 2. The Morgan fingerprint density at radius 3 is 2.30 bits per heavy atom. The lowest BCUT2D eigenvalue weighted by molar-refractivity contribution is -0.858. The molecule has 0 aliphatic carbocycles. The molecule has 2 atom stereocenters. The molecule has 0 aromatic heterocycles. The van der Waals surface area contributed by atoms with Crippen LogP contribution in [-0.2, 0) is 9.59 Å². The van der Waals surface area contributed by atoms with Crippen LogP contribution in [0.4, 0.5) is 0 Å². The Morgan fingerprint density at radius 1 is 1.06 bits per heavy atom. The SMILES string of the molecule is CCOc1ccc(C2C(C(=O)c3ccc(OC)cc3C)C(=O)C(=O)N2CCC[NH+](C)C)cc1. The number of ketones is 2. The second kappa shape index (κ2) is 10.6. The number of hydrogen-bond donors (Lipinski definition) is 1. The van der Waals surface area contributed by atoms with Crippen molar-refractivity contribution >= 4 is 17.5 Å². The van der Waals surface area contributed by atoms with Gasteiger partial charge < -0.3 is 19.3 Å². The summed E-state index contributed by atoms with van der Waals surface area (Å²) in [5.41, 5.74) is 1.89. The predicted molar refractivity (Wildman–Crippen MR) is 125 cm³/mol. The summed E-state index contributed by atoms with van der Waals surface area (Å²) in [7, 11) is 5.64. The maximum atomic E-state index is 13.6. The molecule has 7 heteroatoms. The van der Waals surface area contributed by atoms with Gasteiger partial charge in [-0.25, -0.2) is 0 Å². The zero-order valence-electron chi connectivity index (χ0n) is 20.0. The van der Waals surface area contributed by atoms with E-state index >= 15 is 0 Å². The van der Waals surface area contributed by atoms with E-state index in [2.05, 4.69) is 0 Å². The Balaban J connectivity index is 2.00. The molecule has 7 nitrogen and oxygen atoms in total. The van der Waals surface area contributed by atoms with Crippen LogP contribution in [0.2, 0.25) is 0 Å². The number of rotatable bonds is 10. The Labute approximate surface area is 195 Å². The monoisotopic (exact) mass is 453 g/mol. The van der Waals surface area contributed by atoms with Gasteiger partial charge in [-0.2, -0.15) is 0 Å². The summed E-state index contributed by atoms with van der Waals surface area (Å²) in [5, 5.41) is 0. The summed E-state index contributed by atoms with van der Waals surface area (Å²) in [4.78, 5) is 42.7. The number of quaternary nitrogens is 1. The van der Waals surface area contributed by atoms with Crippen molar-refractivity contribution in [2.24, 2.45) is 5.92 Å². The molecule has 1 amide bonds. The minimum Gasteiger partial charge on any atom is -0.497 e. The highest BCUT2D eigenvalue weighted by atomic mass is 16.5. The molecule has 0 bridgehead atoms. The fourth-order valence-electron chi connectivity index (χ4n) is 4.34. The second-order valence-corrected chi connectivity index (χ2v) is 8.64. The summed E-state index contributed by atoms with van der Waals surface area (Å²) in [6.07, 6.45) is 0.733. The number of benzene rings is 2. The topological polar surface area (TPSA) is 77.3 Å². The number of methoxy groups -OCH3 is 1. The Bertz CT molecular complexity index is 1020. The summed E-state index contributed by atoms with van der Waals surface area (Å²) >= 11 is 0. The average molecular weight is 454 g/mol. The van der Waals surface area contributed by atoms with E-state index in [0.717, 1.165) is 18.5 Å². The van der Waals surface area contributed by atoms with Gasteiger partial charge >= 0.3 is 0 Å². The smallest absolute Gasteiger partial charge is 0.291 e. The first kappa shape index (κ1) is 24.5. The van der Waals surface area contributed by atoms with E-state index in [-0.39, 0.29) is 5.78 Å². The first-order valence-electron chi connectivity index (χ1n) is 11.3. The molecular formula is C26H33N2O5+. The van der Waals surface area contributed by atoms with Gasteiger partial charge in [0, 0.05) is 18.5 Å². The van der Waals surface area contributed by atoms with Gasteiger partial charge in [0.25, 0.3) is 5.91 Å². The second-order valence-electron chi connectivity index (χ2n) is 8.64. The molecule has 1 saturated heterocycles. The highest BCUT2D eigenvalue weighted by molar-refractivity contribution is 6.44. The van der Waals surface area contributed by atoms with Crippen LogP contribution >= 0.6 is 0 Å². The van der Waals surface area contributed by atoms with Gasteiger partial charge in [-0.15, -0.1) is 0 Å². The molecular weight excluding hydrogens is 420 g/mol. The van der Waals surface area contributed by atoms with Crippen LogP contribution in [0.5, 0.6) is 11.5 Å². The van der Waals surface area contributed by atoms with Gasteiger partial charge in [-0.1, -0.05) is 12.1 Å². The molecule has 1 N–H and O–H groups in total. The van der Waals surface area contributed by atoms with E-state index in [9.17, 15) is 14.4 Å². The van der Waals surface area contributed by atoms with Crippen molar-refractivity contribution in [2.45, 2.75) is 26.3 Å². The van der Waals surface area contributed by atoms with Crippen LogP contribution in [0.1, 0.15) is 40.9 Å². The molecule has 2 aromatic rings. The van der Waals surface area contributed by atoms with E-state index < -0.39 is 23.7 Å². The third kappa shape index (κ3) is 5.25. The van der Waals surface area contributed by atoms with Crippen LogP contribution in [0.25, 0.3) is 0 Å². The lowest BCUT2D eigenvalue weighted by Crippen LogP contribution is -3.05. The molecule has 0 spiro atoms. The lowest BCUT2D eigenvalue weighted by Gasteiger charge is -2.27. The highest BCUT2D eigenvalue weighted by Crippen LogP contribution is 2.39. The first-order valence-corrected chi connectivity index (χ1v) is 11.3. The van der Waals surface area contributed by atoms with Crippen molar-refractivity contribution in [2.75, 3.05) is 40.9 Å². The number of likely N-dealkylation sites (tertiary alicyclic amines) is 1. The number of aryl methyl sites for hydroxylation is 1. The van der Waals surface area contributed by atoms with Crippen LogP contribution in [0.3, 0.4) is 0 Å². The van der Waals surface area contributed by atoms with Gasteiger partial charge in [0.05, 0.1) is 40.4 Å². The van der Waals surface area contributed by atoms with Crippen molar-refractivity contribution in [1.82, 2.24) is 4.90 Å². The van der Waals surface area contributed by atoms with Crippen molar-refractivity contribution in [3.63, 3.8) is 0 Å². The zero-order valence-corrected chi connectivity index (χ0v) is 20.0. The van der Waals surface area contributed by atoms with Gasteiger partial charge in [-0.3, -0.25) is 14.4 Å². The summed E-state index contributed by atoms with van der Waals surface area (Å²) in [6, 6.07) is 11.8. The molecule has 176 valence electrons. The van der Waals surface area contributed by atoms with Crippen molar-refractivity contribution < 1.29 is 28.8 Å². The molecule has 2 unspecified atom stereocenters. The quantitative estimate of drug-likeness (QED) is 0.338. The fourth-order valence-corrected chi connectivity index (χ4v) is 4.34. The molecule has 0 saturated carbocycles. The summed E-state index contributed by atoms with van der Waals surface area (Å²) in [5.74, 6) is -1.33. The van der Waals surface area contributed by atoms with Crippen LogP contribution in [0.15, 0.2) is 42.5 Å². The van der Waals surface area contributed by atoms with Crippen molar-refractivity contribution in [3.05, 3.63) is 59.2 Å². The largest absolute Gasteiger partial charge is 0.497 e. The molecule has 1 heterocycles. The Morgan fingerprint density at radius 2 is 1.73 bits per heavy atom. The minimum atomic E-state index is -1.09. The number of nitrogens with one attached hydrogen (secondary N) is 1. The fraction of sp³-hybridized carbons (Fsp3) is 0.423. The molecule has 2 aromatic carbocycles. The number of hydrogen-bond acceptors (Lipinski definition) is 5. The number of Topliss-reactive ketones (excluding diaryl/α,β-unsaturated/α-hetero) is 2. The van der Waals surface area contributed by atoms with Gasteiger partial charge in [0.2, 0.25) is 5.78 Å². The van der Waals surface area contributed by atoms with Gasteiger partial charge in [-0.05, 0) is 55.3 Å². The van der Waals surface area contributed by atoms with Crippen LogP contribution in [-0.4, -0.2) is 63.3 Å².